The van der Waals surface area contributed by atoms with Gasteiger partial charge in [-0.05, 0) is 31.5 Å². The lowest BCUT2D eigenvalue weighted by Gasteiger charge is -2.24. The minimum atomic E-state index is -0.00440. The molecular formula is C14H22N2O2. The van der Waals surface area contributed by atoms with Crippen LogP contribution in [0.1, 0.15) is 24.2 Å². The number of benzene rings is 1. The van der Waals surface area contributed by atoms with E-state index in [-0.39, 0.29) is 5.91 Å². The molecule has 2 N–H and O–H groups in total. The van der Waals surface area contributed by atoms with Crippen LogP contribution in [0, 0.1) is 5.92 Å². The van der Waals surface area contributed by atoms with Crippen LogP contribution in [0.15, 0.2) is 24.3 Å². The van der Waals surface area contributed by atoms with Crippen molar-refractivity contribution in [2.45, 2.75) is 13.8 Å². The van der Waals surface area contributed by atoms with Crippen LogP contribution in [0.25, 0.3) is 0 Å². The summed E-state index contributed by atoms with van der Waals surface area (Å²) in [6.45, 7) is 5.93. The lowest BCUT2D eigenvalue weighted by atomic mass is 10.1. The maximum Gasteiger partial charge on any atom is 0.257 e. The predicted molar refractivity (Wildman–Crippen MR) is 72.8 cm³/mol. The number of ether oxygens (including phenoxy) is 1. The van der Waals surface area contributed by atoms with Crippen LogP contribution in [-0.2, 0) is 0 Å². The zero-order valence-corrected chi connectivity index (χ0v) is 11.3. The predicted octanol–water partition coefficient (Wildman–Crippen LogP) is 1.75. The maximum absolute atomic E-state index is 12.4. The van der Waals surface area contributed by atoms with Gasteiger partial charge in [0.15, 0.2) is 0 Å². The van der Waals surface area contributed by atoms with E-state index in [1.165, 1.54) is 0 Å². The average Bonchev–Trinajstić information content (AvgIpc) is 2.43. The van der Waals surface area contributed by atoms with Crippen molar-refractivity contribution >= 4 is 5.91 Å². The summed E-state index contributed by atoms with van der Waals surface area (Å²) in [5.41, 5.74) is 6.21. The first-order chi connectivity index (χ1) is 8.63. The molecular weight excluding hydrogens is 228 g/mol. The number of amides is 1. The molecule has 1 aromatic carbocycles. The Morgan fingerprint density at radius 2 is 2.11 bits per heavy atom. The van der Waals surface area contributed by atoms with Crippen molar-refractivity contribution in [3.8, 4) is 5.75 Å². The second-order valence-corrected chi connectivity index (χ2v) is 4.38. The largest absolute Gasteiger partial charge is 0.496 e. The van der Waals surface area contributed by atoms with E-state index >= 15 is 0 Å². The van der Waals surface area contributed by atoms with Gasteiger partial charge in [0.2, 0.25) is 0 Å². The maximum atomic E-state index is 12.4. The van der Waals surface area contributed by atoms with Crippen LogP contribution in [0.3, 0.4) is 0 Å². The summed E-state index contributed by atoms with van der Waals surface area (Å²) in [5, 5.41) is 0. The van der Waals surface area contributed by atoms with E-state index in [9.17, 15) is 4.79 Å². The Bertz CT molecular complexity index is 393. The molecule has 0 radical (unpaired) electrons. The molecule has 1 unspecified atom stereocenters. The third-order valence-corrected chi connectivity index (χ3v) is 2.94. The lowest BCUT2D eigenvalue weighted by Crippen LogP contribution is -2.36. The number of para-hydroxylation sites is 1. The van der Waals surface area contributed by atoms with Crippen LogP contribution >= 0.6 is 0 Å². The topological polar surface area (TPSA) is 55.6 Å². The zero-order chi connectivity index (χ0) is 13.5. The van der Waals surface area contributed by atoms with Crippen molar-refractivity contribution < 1.29 is 9.53 Å². The number of nitrogens with two attached hydrogens (primary N) is 1. The van der Waals surface area contributed by atoms with Crippen molar-refractivity contribution in [3.63, 3.8) is 0 Å². The van der Waals surface area contributed by atoms with Crippen molar-refractivity contribution in [2.75, 3.05) is 26.7 Å². The highest BCUT2D eigenvalue weighted by Crippen LogP contribution is 2.19. The molecule has 4 heteroatoms. The summed E-state index contributed by atoms with van der Waals surface area (Å²) in [6, 6.07) is 7.29. The molecule has 0 fully saturated rings. The molecule has 0 aliphatic rings. The van der Waals surface area contributed by atoms with Gasteiger partial charge in [0.05, 0.1) is 12.7 Å². The van der Waals surface area contributed by atoms with Crippen molar-refractivity contribution in [1.82, 2.24) is 4.90 Å². The van der Waals surface area contributed by atoms with Crippen LogP contribution in [0.5, 0.6) is 5.75 Å². The number of methoxy groups -OCH3 is 1. The number of nitrogens with zero attached hydrogens (tertiary/aromatic N) is 1. The lowest BCUT2D eigenvalue weighted by molar-refractivity contribution is 0.0740. The van der Waals surface area contributed by atoms with E-state index in [1.807, 2.05) is 26.0 Å². The molecule has 1 amide bonds. The summed E-state index contributed by atoms with van der Waals surface area (Å²) < 4.78 is 5.22. The van der Waals surface area contributed by atoms with Gasteiger partial charge in [0.25, 0.3) is 5.91 Å². The van der Waals surface area contributed by atoms with Crippen molar-refractivity contribution in [2.24, 2.45) is 11.7 Å². The summed E-state index contributed by atoms with van der Waals surface area (Å²) >= 11 is 0. The third kappa shape index (κ3) is 3.47. The van der Waals surface area contributed by atoms with Gasteiger partial charge in [-0.15, -0.1) is 0 Å². The zero-order valence-electron chi connectivity index (χ0n) is 11.3. The fourth-order valence-electron chi connectivity index (χ4n) is 1.80. The van der Waals surface area contributed by atoms with Gasteiger partial charge < -0.3 is 15.4 Å². The second-order valence-electron chi connectivity index (χ2n) is 4.38. The van der Waals surface area contributed by atoms with Gasteiger partial charge in [-0.2, -0.15) is 0 Å². The first-order valence-electron chi connectivity index (χ1n) is 6.26. The Morgan fingerprint density at radius 1 is 1.44 bits per heavy atom. The van der Waals surface area contributed by atoms with Crippen LogP contribution < -0.4 is 10.5 Å². The SMILES string of the molecule is CCN(CC(C)CN)C(=O)c1ccccc1OC. The van der Waals surface area contributed by atoms with E-state index in [0.29, 0.717) is 36.9 Å². The molecule has 0 bridgehead atoms. The summed E-state index contributed by atoms with van der Waals surface area (Å²) in [7, 11) is 1.57. The Kier molecular flexibility index (Phi) is 5.65. The number of hydrogen-bond donors (Lipinski definition) is 1. The van der Waals surface area contributed by atoms with Crippen LogP contribution in [0.2, 0.25) is 0 Å². The molecule has 0 aromatic heterocycles. The van der Waals surface area contributed by atoms with E-state index < -0.39 is 0 Å². The minimum Gasteiger partial charge on any atom is -0.496 e. The van der Waals surface area contributed by atoms with Gasteiger partial charge >= 0.3 is 0 Å². The number of carbonyl (C=O) groups excluding carboxylic acids is 1. The van der Waals surface area contributed by atoms with Gasteiger partial charge in [0.1, 0.15) is 5.75 Å². The Labute approximate surface area is 109 Å². The van der Waals surface area contributed by atoms with E-state index in [4.69, 9.17) is 10.5 Å². The minimum absolute atomic E-state index is 0.00440. The average molecular weight is 250 g/mol. The van der Waals surface area contributed by atoms with Gasteiger partial charge in [-0.1, -0.05) is 19.1 Å². The number of rotatable bonds is 6. The normalized spacial score (nSPS) is 12.0. The monoisotopic (exact) mass is 250 g/mol. The van der Waals surface area contributed by atoms with Gasteiger partial charge in [-0.25, -0.2) is 0 Å². The van der Waals surface area contributed by atoms with E-state index in [0.717, 1.165) is 0 Å². The molecule has 18 heavy (non-hydrogen) atoms. The third-order valence-electron chi connectivity index (χ3n) is 2.94. The highest BCUT2D eigenvalue weighted by Gasteiger charge is 2.19. The first kappa shape index (κ1) is 14.5. The molecule has 0 saturated heterocycles. The quantitative estimate of drug-likeness (QED) is 0.837. The fraction of sp³-hybridized carbons (Fsp3) is 0.500. The molecule has 0 aliphatic carbocycles. The number of carbonyl (C=O) groups is 1. The van der Waals surface area contributed by atoms with E-state index in [1.54, 1.807) is 24.1 Å². The molecule has 0 spiro atoms. The molecule has 1 atom stereocenters. The first-order valence-corrected chi connectivity index (χ1v) is 6.26. The van der Waals surface area contributed by atoms with Crippen LogP contribution in [-0.4, -0.2) is 37.6 Å². The second kappa shape index (κ2) is 7.01. The molecule has 1 rings (SSSR count). The van der Waals surface area contributed by atoms with E-state index in [2.05, 4.69) is 0 Å². The Morgan fingerprint density at radius 3 is 2.67 bits per heavy atom. The summed E-state index contributed by atoms with van der Waals surface area (Å²) in [5.74, 6) is 0.903. The molecule has 100 valence electrons. The summed E-state index contributed by atoms with van der Waals surface area (Å²) in [6.07, 6.45) is 0. The highest BCUT2D eigenvalue weighted by atomic mass is 16.5. The molecule has 0 saturated carbocycles. The van der Waals surface area contributed by atoms with Gasteiger partial charge in [-0.3, -0.25) is 4.79 Å². The summed E-state index contributed by atoms with van der Waals surface area (Å²) in [4.78, 5) is 14.2. The smallest absolute Gasteiger partial charge is 0.257 e. The molecule has 0 aliphatic heterocycles. The number of hydrogen-bond acceptors (Lipinski definition) is 3. The molecule has 4 nitrogen and oxygen atoms in total. The van der Waals surface area contributed by atoms with Crippen LogP contribution in [0.4, 0.5) is 0 Å². The molecule has 1 aromatic rings. The Balaban J connectivity index is 2.89. The van der Waals surface area contributed by atoms with Gasteiger partial charge in [0, 0.05) is 13.1 Å². The van der Waals surface area contributed by atoms with Crippen molar-refractivity contribution in [1.29, 1.82) is 0 Å². The fourth-order valence-corrected chi connectivity index (χ4v) is 1.80. The Hall–Kier alpha value is -1.55. The standard InChI is InChI=1S/C14H22N2O2/c1-4-16(10-11(2)9-15)14(17)12-7-5-6-8-13(12)18-3/h5-8,11H,4,9-10,15H2,1-3H3. The highest BCUT2D eigenvalue weighted by molar-refractivity contribution is 5.96. The van der Waals surface area contributed by atoms with Crippen molar-refractivity contribution in [3.05, 3.63) is 29.8 Å². The molecule has 0 heterocycles.